The largest absolute Gasteiger partial charge is 0.493 e. The Kier molecular flexibility index (Phi) is 7.30. The first-order chi connectivity index (χ1) is 20.8. The molecule has 2 bridgehead atoms. The van der Waals surface area contributed by atoms with Crippen LogP contribution in [0.3, 0.4) is 0 Å². The van der Waals surface area contributed by atoms with E-state index >= 15 is 0 Å². The highest BCUT2D eigenvalue weighted by molar-refractivity contribution is 5.72. The number of carbonyl (C=O) groups is 1. The smallest absolute Gasteiger partial charge is 0.309 e. The quantitative estimate of drug-likeness (QED) is 0.321. The average molecular weight is 590 g/mol. The summed E-state index contributed by atoms with van der Waals surface area (Å²) in [6, 6.07) is 13.0. The van der Waals surface area contributed by atoms with Crippen LogP contribution in [0.1, 0.15) is 68.2 Å². The predicted octanol–water partition coefficient (Wildman–Crippen LogP) is 5.49. The summed E-state index contributed by atoms with van der Waals surface area (Å²) < 4.78 is 31.0. The number of hydrogen-bond acceptors (Lipinski definition) is 7. The Hall–Kier alpha value is -2.61. The summed E-state index contributed by atoms with van der Waals surface area (Å²) in [5.41, 5.74) is 4.32. The first-order valence-electron chi connectivity index (χ1n) is 16.2. The van der Waals surface area contributed by atoms with Gasteiger partial charge in [0.2, 0.25) is 0 Å². The van der Waals surface area contributed by atoms with Crippen molar-refractivity contribution in [3.63, 3.8) is 0 Å². The number of benzene rings is 2. The van der Waals surface area contributed by atoms with Crippen molar-refractivity contribution in [3.05, 3.63) is 58.7 Å². The molecule has 3 fully saturated rings. The van der Waals surface area contributed by atoms with Crippen molar-refractivity contribution < 1.29 is 28.5 Å². The maximum absolute atomic E-state index is 11.7. The summed E-state index contributed by atoms with van der Waals surface area (Å²) in [4.78, 5) is 14.5. The van der Waals surface area contributed by atoms with Crippen LogP contribution in [0.4, 0.5) is 0 Å². The van der Waals surface area contributed by atoms with Gasteiger partial charge in [0.1, 0.15) is 11.7 Å². The van der Waals surface area contributed by atoms with E-state index in [0.717, 1.165) is 60.8 Å². The van der Waals surface area contributed by atoms with Gasteiger partial charge in [-0.25, -0.2) is 0 Å². The van der Waals surface area contributed by atoms with Crippen LogP contribution in [-0.4, -0.2) is 69.6 Å². The number of likely N-dealkylation sites (tertiary alicyclic amines) is 1. The Morgan fingerprint density at radius 1 is 1.07 bits per heavy atom. The van der Waals surface area contributed by atoms with Gasteiger partial charge in [-0.1, -0.05) is 37.3 Å². The van der Waals surface area contributed by atoms with Crippen LogP contribution >= 0.6 is 0 Å². The highest BCUT2D eigenvalue weighted by Crippen LogP contribution is 2.73. The van der Waals surface area contributed by atoms with E-state index in [2.05, 4.69) is 30.9 Å². The lowest BCUT2D eigenvalue weighted by Gasteiger charge is -2.69. The second kappa shape index (κ2) is 10.8. The Morgan fingerprint density at radius 3 is 2.51 bits per heavy atom. The Morgan fingerprint density at radius 2 is 1.84 bits per heavy atom. The molecule has 1 saturated heterocycles. The van der Waals surface area contributed by atoms with Crippen LogP contribution < -0.4 is 9.47 Å². The number of nitrogens with zero attached hydrogens (tertiary/aromatic N) is 1. The second-order valence-corrected chi connectivity index (χ2v) is 13.9. The SMILES string of the molecule is CCC12CC(COCc3ccc(CC(=O)OC)cc3)C(C)(OC)C3Oc4c(OC)ccc5c4C31CCN(CC1CC1)C2C5. The van der Waals surface area contributed by atoms with Crippen molar-refractivity contribution in [1.82, 2.24) is 4.90 Å². The highest BCUT2D eigenvalue weighted by atomic mass is 16.6. The first kappa shape index (κ1) is 29.1. The third kappa shape index (κ3) is 4.28. The molecule has 3 aliphatic carbocycles. The van der Waals surface area contributed by atoms with Gasteiger partial charge in [-0.2, -0.15) is 0 Å². The fraction of sp³-hybridized carbons (Fsp3) is 0.639. The Labute approximate surface area is 256 Å². The fourth-order valence-corrected chi connectivity index (χ4v) is 9.70. The van der Waals surface area contributed by atoms with E-state index in [4.69, 9.17) is 23.7 Å². The van der Waals surface area contributed by atoms with Gasteiger partial charge in [-0.15, -0.1) is 0 Å². The molecule has 232 valence electrons. The number of rotatable bonds is 11. The number of piperidine rings is 1. The number of ether oxygens (including phenoxy) is 5. The van der Waals surface area contributed by atoms with Crippen LogP contribution in [0.15, 0.2) is 36.4 Å². The van der Waals surface area contributed by atoms with Crippen LogP contribution in [0.5, 0.6) is 11.5 Å². The Balaban J connectivity index is 1.21. The number of carbonyl (C=O) groups excluding carboxylic acids is 1. The summed E-state index contributed by atoms with van der Waals surface area (Å²) in [5, 5.41) is 0. The maximum atomic E-state index is 11.7. The predicted molar refractivity (Wildman–Crippen MR) is 164 cm³/mol. The van der Waals surface area contributed by atoms with E-state index in [0.29, 0.717) is 19.3 Å². The average Bonchev–Trinajstić information content (AvgIpc) is 3.77. The standard InChI is InChI=1S/C36H47NO6/c1-6-35-19-27(22-42-21-25-11-7-23(8-12-25)17-30(38)40-4)34(2,41-5)33-36(35)15-16-37(20-24-9-10-24)29(35)18-26-13-14-28(39-3)32(43-33)31(26)36/h7-8,11-14,24,27,29,33H,6,9-10,15-22H2,1-5H3. The van der Waals surface area contributed by atoms with E-state index in [1.165, 1.54) is 37.6 Å². The monoisotopic (exact) mass is 589 g/mol. The molecule has 2 saturated carbocycles. The number of methoxy groups -OCH3 is 3. The molecule has 7 heteroatoms. The minimum Gasteiger partial charge on any atom is -0.493 e. The van der Waals surface area contributed by atoms with Crippen molar-refractivity contribution in [2.75, 3.05) is 41.0 Å². The molecule has 2 heterocycles. The van der Waals surface area contributed by atoms with Crippen LogP contribution in [0.25, 0.3) is 0 Å². The van der Waals surface area contributed by atoms with Crippen molar-refractivity contribution in [3.8, 4) is 11.5 Å². The minimum atomic E-state index is -0.523. The van der Waals surface area contributed by atoms with Crippen LogP contribution in [0.2, 0.25) is 0 Å². The first-order valence-corrected chi connectivity index (χ1v) is 16.2. The van der Waals surface area contributed by atoms with Gasteiger partial charge < -0.3 is 23.7 Å². The molecule has 7 rings (SSSR count). The van der Waals surface area contributed by atoms with Crippen molar-refractivity contribution in [2.45, 2.75) is 88.6 Å². The van der Waals surface area contributed by atoms with Gasteiger partial charge in [-0.3, -0.25) is 9.69 Å². The van der Waals surface area contributed by atoms with Gasteiger partial charge in [0, 0.05) is 36.6 Å². The molecule has 7 nitrogen and oxygen atoms in total. The molecule has 5 aliphatic rings. The number of hydrogen-bond donors (Lipinski definition) is 0. The van der Waals surface area contributed by atoms with E-state index in [1.54, 1.807) is 7.11 Å². The van der Waals surface area contributed by atoms with Gasteiger partial charge in [0.15, 0.2) is 11.5 Å². The highest BCUT2D eigenvalue weighted by Gasteiger charge is 2.76. The molecule has 0 N–H and O–H groups in total. The molecular weight excluding hydrogens is 542 g/mol. The van der Waals surface area contributed by atoms with E-state index in [9.17, 15) is 4.79 Å². The zero-order valence-corrected chi connectivity index (χ0v) is 26.4. The maximum Gasteiger partial charge on any atom is 0.309 e. The van der Waals surface area contributed by atoms with Gasteiger partial charge in [0.25, 0.3) is 0 Å². The molecule has 6 atom stereocenters. The molecule has 6 unspecified atom stereocenters. The summed E-state index contributed by atoms with van der Waals surface area (Å²) in [6.45, 7) is 8.13. The summed E-state index contributed by atoms with van der Waals surface area (Å²) in [7, 11) is 5.03. The summed E-state index contributed by atoms with van der Waals surface area (Å²) >= 11 is 0. The topological polar surface area (TPSA) is 66.5 Å². The lowest BCUT2D eigenvalue weighted by atomic mass is 9.39. The molecule has 2 aliphatic heterocycles. The van der Waals surface area contributed by atoms with Gasteiger partial charge in [-0.05, 0) is 86.1 Å². The van der Waals surface area contributed by atoms with Crippen LogP contribution in [0, 0.1) is 17.3 Å². The normalized spacial score (nSPS) is 33.9. The molecule has 0 aromatic heterocycles. The lowest BCUT2D eigenvalue weighted by Crippen LogP contribution is -2.77. The summed E-state index contributed by atoms with van der Waals surface area (Å²) in [6.07, 6.45) is 7.23. The molecule has 2 aromatic carbocycles. The third-order valence-corrected chi connectivity index (χ3v) is 12.1. The van der Waals surface area contributed by atoms with E-state index in [-0.39, 0.29) is 35.2 Å². The lowest BCUT2D eigenvalue weighted by molar-refractivity contribution is -0.239. The molecule has 43 heavy (non-hydrogen) atoms. The van der Waals surface area contributed by atoms with E-state index in [1.807, 2.05) is 31.4 Å². The van der Waals surface area contributed by atoms with Gasteiger partial charge >= 0.3 is 5.97 Å². The molecule has 0 amide bonds. The third-order valence-electron chi connectivity index (χ3n) is 12.1. The van der Waals surface area contributed by atoms with Crippen molar-refractivity contribution >= 4 is 5.97 Å². The fourth-order valence-electron chi connectivity index (χ4n) is 9.70. The second-order valence-electron chi connectivity index (χ2n) is 13.9. The number of esters is 1. The van der Waals surface area contributed by atoms with Gasteiger partial charge in [0.05, 0.1) is 33.9 Å². The Bertz CT molecular complexity index is 1370. The minimum absolute atomic E-state index is 0.0665. The molecule has 2 aromatic rings. The molecule has 0 radical (unpaired) electrons. The van der Waals surface area contributed by atoms with E-state index < -0.39 is 5.60 Å². The zero-order chi connectivity index (χ0) is 30.0. The molecular formula is C36H47NO6. The van der Waals surface area contributed by atoms with Crippen molar-refractivity contribution in [1.29, 1.82) is 0 Å². The molecule has 1 spiro atoms. The van der Waals surface area contributed by atoms with Crippen molar-refractivity contribution in [2.24, 2.45) is 17.3 Å². The van der Waals surface area contributed by atoms with Crippen LogP contribution in [-0.2, 0) is 43.9 Å². The zero-order valence-electron chi connectivity index (χ0n) is 26.4. The summed E-state index contributed by atoms with van der Waals surface area (Å²) in [5.74, 6) is 2.59.